The standard InChI is InChI=1S/C14H27NO3/c1-3-5-11-15(12-6-4-2)13(16)9-7-8-10-14(17)18/h3-12H2,1-2H3,(H,17,18). The molecule has 0 heterocycles. The van der Waals surface area contributed by atoms with E-state index in [0.29, 0.717) is 19.3 Å². The Morgan fingerprint density at radius 3 is 1.83 bits per heavy atom. The number of unbranched alkanes of at least 4 members (excludes halogenated alkanes) is 3. The molecule has 0 aromatic carbocycles. The fourth-order valence-electron chi connectivity index (χ4n) is 1.77. The minimum atomic E-state index is -0.781. The monoisotopic (exact) mass is 257 g/mol. The van der Waals surface area contributed by atoms with Gasteiger partial charge in [0, 0.05) is 25.9 Å². The second-order valence-corrected chi connectivity index (χ2v) is 4.69. The second-order valence-electron chi connectivity index (χ2n) is 4.69. The van der Waals surface area contributed by atoms with Crippen LogP contribution >= 0.6 is 0 Å². The summed E-state index contributed by atoms with van der Waals surface area (Å²) >= 11 is 0. The van der Waals surface area contributed by atoms with Crippen LogP contribution in [0.5, 0.6) is 0 Å². The van der Waals surface area contributed by atoms with Crippen molar-refractivity contribution in [1.82, 2.24) is 4.90 Å². The summed E-state index contributed by atoms with van der Waals surface area (Å²) in [5.41, 5.74) is 0. The number of carbonyl (C=O) groups excluding carboxylic acids is 1. The maximum Gasteiger partial charge on any atom is 0.303 e. The molecule has 0 radical (unpaired) electrons. The zero-order valence-corrected chi connectivity index (χ0v) is 11.8. The van der Waals surface area contributed by atoms with E-state index in [9.17, 15) is 9.59 Å². The molecule has 4 nitrogen and oxygen atoms in total. The fourth-order valence-corrected chi connectivity index (χ4v) is 1.77. The highest BCUT2D eigenvalue weighted by molar-refractivity contribution is 5.76. The number of carbonyl (C=O) groups is 2. The number of hydrogen-bond donors (Lipinski definition) is 1. The second kappa shape index (κ2) is 11.1. The molecule has 1 amide bonds. The highest BCUT2D eigenvalue weighted by Crippen LogP contribution is 2.06. The Balaban J connectivity index is 3.91. The Labute approximate surface area is 110 Å². The lowest BCUT2D eigenvalue weighted by Gasteiger charge is -2.22. The largest absolute Gasteiger partial charge is 0.481 e. The van der Waals surface area contributed by atoms with E-state index in [4.69, 9.17) is 5.11 Å². The van der Waals surface area contributed by atoms with Crippen LogP contribution in [0.4, 0.5) is 0 Å². The lowest BCUT2D eigenvalue weighted by atomic mass is 10.1. The molecule has 0 bridgehead atoms. The Bertz CT molecular complexity index is 233. The molecule has 106 valence electrons. The Morgan fingerprint density at radius 1 is 0.889 bits per heavy atom. The SMILES string of the molecule is CCCCN(CCCC)C(=O)CCCCC(=O)O. The first-order chi connectivity index (χ1) is 8.61. The Hall–Kier alpha value is -1.06. The van der Waals surface area contributed by atoms with Crippen LogP contribution in [-0.2, 0) is 9.59 Å². The van der Waals surface area contributed by atoms with Gasteiger partial charge in [-0.1, -0.05) is 26.7 Å². The van der Waals surface area contributed by atoms with E-state index in [1.54, 1.807) is 0 Å². The molecule has 0 saturated heterocycles. The first-order valence-electron chi connectivity index (χ1n) is 7.11. The molecule has 1 N–H and O–H groups in total. The molecule has 0 spiro atoms. The van der Waals surface area contributed by atoms with Gasteiger partial charge in [0.2, 0.25) is 5.91 Å². The van der Waals surface area contributed by atoms with Crippen molar-refractivity contribution in [2.24, 2.45) is 0 Å². The van der Waals surface area contributed by atoms with Gasteiger partial charge in [0.25, 0.3) is 0 Å². The third kappa shape index (κ3) is 9.02. The highest BCUT2D eigenvalue weighted by Gasteiger charge is 2.12. The third-order valence-electron chi connectivity index (χ3n) is 2.95. The van der Waals surface area contributed by atoms with Gasteiger partial charge in [-0.25, -0.2) is 0 Å². The maximum atomic E-state index is 12.0. The van der Waals surface area contributed by atoms with E-state index >= 15 is 0 Å². The summed E-state index contributed by atoms with van der Waals surface area (Å²) in [6.07, 6.45) is 6.20. The van der Waals surface area contributed by atoms with Crippen LogP contribution in [0.1, 0.15) is 65.2 Å². The van der Waals surface area contributed by atoms with Gasteiger partial charge < -0.3 is 10.0 Å². The number of rotatable bonds is 11. The topological polar surface area (TPSA) is 57.6 Å². The molecule has 0 fully saturated rings. The number of aliphatic carboxylic acids is 1. The predicted octanol–water partition coefficient (Wildman–Crippen LogP) is 3.06. The van der Waals surface area contributed by atoms with Gasteiger partial charge in [-0.2, -0.15) is 0 Å². The van der Waals surface area contributed by atoms with Crippen LogP contribution in [0.3, 0.4) is 0 Å². The van der Waals surface area contributed by atoms with Crippen molar-refractivity contribution in [3.63, 3.8) is 0 Å². The first kappa shape index (κ1) is 16.9. The molecule has 0 aliphatic carbocycles. The minimum Gasteiger partial charge on any atom is -0.481 e. The lowest BCUT2D eigenvalue weighted by molar-refractivity contribution is -0.137. The zero-order valence-electron chi connectivity index (χ0n) is 11.8. The maximum absolute atomic E-state index is 12.0. The van der Waals surface area contributed by atoms with Gasteiger partial charge in [-0.05, 0) is 25.7 Å². The molecule has 0 aromatic heterocycles. The molecule has 18 heavy (non-hydrogen) atoms. The highest BCUT2D eigenvalue weighted by atomic mass is 16.4. The minimum absolute atomic E-state index is 0.164. The van der Waals surface area contributed by atoms with Gasteiger partial charge in [0.15, 0.2) is 0 Å². The molecule has 0 unspecified atom stereocenters. The molecule has 0 aliphatic rings. The molecule has 4 heteroatoms. The summed E-state index contributed by atoms with van der Waals surface area (Å²) in [6.45, 7) is 5.92. The zero-order chi connectivity index (χ0) is 13.8. The number of amides is 1. The van der Waals surface area contributed by atoms with Crippen LogP contribution in [-0.4, -0.2) is 35.0 Å². The van der Waals surface area contributed by atoms with Crippen molar-refractivity contribution in [3.05, 3.63) is 0 Å². The summed E-state index contributed by atoms with van der Waals surface area (Å²) in [7, 11) is 0. The number of carboxylic acids is 1. The van der Waals surface area contributed by atoms with Crippen molar-refractivity contribution >= 4 is 11.9 Å². The quantitative estimate of drug-likeness (QED) is 0.579. The van der Waals surface area contributed by atoms with E-state index in [-0.39, 0.29) is 12.3 Å². The van der Waals surface area contributed by atoms with Crippen molar-refractivity contribution in [2.45, 2.75) is 65.2 Å². The van der Waals surface area contributed by atoms with Crippen LogP contribution in [0.15, 0.2) is 0 Å². The van der Waals surface area contributed by atoms with Gasteiger partial charge in [0.05, 0.1) is 0 Å². The fraction of sp³-hybridized carbons (Fsp3) is 0.857. The van der Waals surface area contributed by atoms with Crippen molar-refractivity contribution < 1.29 is 14.7 Å². The summed E-state index contributed by atoms with van der Waals surface area (Å²) in [6, 6.07) is 0. The third-order valence-corrected chi connectivity index (χ3v) is 2.95. The number of nitrogens with zero attached hydrogens (tertiary/aromatic N) is 1. The molecule has 0 atom stereocenters. The molecule has 0 aromatic rings. The Kier molecular flexibility index (Phi) is 10.4. The molecular weight excluding hydrogens is 230 g/mol. The van der Waals surface area contributed by atoms with Crippen molar-refractivity contribution in [1.29, 1.82) is 0 Å². The smallest absolute Gasteiger partial charge is 0.303 e. The van der Waals surface area contributed by atoms with Crippen molar-refractivity contribution in [3.8, 4) is 0 Å². The predicted molar refractivity (Wildman–Crippen MR) is 72.5 cm³/mol. The van der Waals surface area contributed by atoms with Gasteiger partial charge in [0.1, 0.15) is 0 Å². The Morgan fingerprint density at radius 2 is 1.39 bits per heavy atom. The van der Waals surface area contributed by atoms with E-state index in [1.165, 1.54) is 0 Å². The number of carboxylic acid groups (broad SMARTS) is 1. The van der Waals surface area contributed by atoms with Crippen LogP contribution < -0.4 is 0 Å². The van der Waals surface area contributed by atoms with Crippen LogP contribution in [0, 0.1) is 0 Å². The van der Waals surface area contributed by atoms with Crippen molar-refractivity contribution in [2.75, 3.05) is 13.1 Å². The number of hydrogen-bond acceptors (Lipinski definition) is 2. The van der Waals surface area contributed by atoms with E-state index in [2.05, 4.69) is 13.8 Å². The first-order valence-corrected chi connectivity index (χ1v) is 7.11. The van der Waals surface area contributed by atoms with Gasteiger partial charge in [-0.15, -0.1) is 0 Å². The summed E-state index contributed by atoms with van der Waals surface area (Å²) in [5, 5.41) is 8.52. The van der Waals surface area contributed by atoms with Gasteiger partial charge >= 0.3 is 5.97 Å². The van der Waals surface area contributed by atoms with E-state index < -0.39 is 5.97 Å². The van der Waals surface area contributed by atoms with Gasteiger partial charge in [-0.3, -0.25) is 9.59 Å². The van der Waals surface area contributed by atoms with Crippen LogP contribution in [0.2, 0.25) is 0 Å². The summed E-state index contributed by atoms with van der Waals surface area (Å²) < 4.78 is 0. The molecular formula is C14H27NO3. The molecule has 0 aliphatic heterocycles. The van der Waals surface area contributed by atoms with Crippen LogP contribution in [0.25, 0.3) is 0 Å². The summed E-state index contributed by atoms with van der Waals surface area (Å²) in [5.74, 6) is -0.599. The van der Waals surface area contributed by atoms with E-state index in [0.717, 1.165) is 38.8 Å². The molecule has 0 saturated carbocycles. The summed E-state index contributed by atoms with van der Waals surface area (Å²) in [4.78, 5) is 24.3. The van der Waals surface area contributed by atoms with E-state index in [1.807, 2.05) is 4.90 Å². The lowest BCUT2D eigenvalue weighted by Crippen LogP contribution is -2.32. The average Bonchev–Trinajstić information content (AvgIpc) is 2.34. The average molecular weight is 257 g/mol. The normalized spacial score (nSPS) is 10.3. The molecule has 0 rings (SSSR count).